The molecule has 2 aromatic rings. The van der Waals surface area contributed by atoms with Crippen LogP contribution in [0.2, 0.25) is 0 Å². The summed E-state index contributed by atoms with van der Waals surface area (Å²) in [5.74, 6) is -0.633. The van der Waals surface area contributed by atoms with Crippen molar-refractivity contribution in [2.45, 2.75) is 31.8 Å². The van der Waals surface area contributed by atoms with Crippen molar-refractivity contribution in [3.8, 4) is 5.75 Å². The van der Waals surface area contributed by atoms with Crippen LogP contribution in [-0.4, -0.2) is 15.5 Å². The summed E-state index contributed by atoms with van der Waals surface area (Å²) < 4.78 is 84.8. The van der Waals surface area contributed by atoms with E-state index in [-0.39, 0.29) is 4.90 Å². The van der Waals surface area contributed by atoms with E-state index in [2.05, 4.69) is 0 Å². The number of rotatable bonds is 4. The van der Waals surface area contributed by atoms with Crippen LogP contribution in [0.4, 0.5) is 23.2 Å². The van der Waals surface area contributed by atoms with Crippen LogP contribution in [0.1, 0.15) is 22.3 Å². The molecular formula is C17H17F4NO3S. The van der Waals surface area contributed by atoms with Crippen LogP contribution in [-0.2, 0) is 16.2 Å². The minimum absolute atomic E-state index is 0.132. The van der Waals surface area contributed by atoms with E-state index in [1.807, 2.05) is 4.72 Å². The standard InChI is InChI=1S/C17H17F4NO3S/c1-9-7-15(25-4)10(2)11(3)16(9)26(23,24)22-14-8-12(17(19,20)21)5-6-13(14)18/h5-8,22H,1-4H3. The number of alkyl halides is 3. The highest BCUT2D eigenvalue weighted by Crippen LogP contribution is 2.34. The van der Waals surface area contributed by atoms with Gasteiger partial charge in [-0.1, -0.05) is 0 Å². The summed E-state index contributed by atoms with van der Waals surface area (Å²) in [5, 5.41) is 0. The molecule has 0 amide bonds. The molecule has 0 unspecified atom stereocenters. The van der Waals surface area contributed by atoms with Crippen molar-refractivity contribution in [2.24, 2.45) is 0 Å². The maximum absolute atomic E-state index is 13.9. The second kappa shape index (κ2) is 6.79. The highest BCUT2D eigenvalue weighted by Gasteiger charge is 2.32. The zero-order chi connectivity index (χ0) is 19.9. The third-order valence-electron chi connectivity index (χ3n) is 4.01. The van der Waals surface area contributed by atoms with Crippen molar-refractivity contribution >= 4 is 15.7 Å². The lowest BCUT2D eigenvalue weighted by Crippen LogP contribution is -2.18. The topological polar surface area (TPSA) is 55.4 Å². The Balaban J connectivity index is 2.56. The Morgan fingerprint density at radius 3 is 2.19 bits per heavy atom. The number of ether oxygens (including phenoxy) is 1. The van der Waals surface area contributed by atoms with Crippen molar-refractivity contribution in [1.29, 1.82) is 0 Å². The van der Waals surface area contributed by atoms with Gasteiger partial charge in [-0.15, -0.1) is 0 Å². The third kappa shape index (κ3) is 3.77. The van der Waals surface area contributed by atoms with Gasteiger partial charge in [0.1, 0.15) is 11.6 Å². The molecule has 2 aromatic carbocycles. The first-order valence-electron chi connectivity index (χ1n) is 7.43. The van der Waals surface area contributed by atoms with Gasteiger partial charge in [0, 0.05) is 0 Å². The van der Waals surface area contributed by atoms with Crippen molar-refractivity contribution < 1.29 is 30.7 Å². The molecule has 0 saturated carbocycles. The Morgan fingerprint density at radius 2 is 1.65 bits per heavy atom. The van der Waals surface area contributed by atoms with Crippen molar-refractivity contribution in [3.63, 3.8) is 0 Å². The maximum atomic E-state index is 13.9. The first-order chi connectivity index (χ1) is 11.9. The number of methoxy groups -OCH3 is 1. The van der Waals surface area contributed by atoms with Gasteiger partial charge >= 0.3 is 6.18 Å². The average molecular weight is 391 g/mol. The zero-order valence-corrected chi connectivity index (χ0v) is 15.3. The fourth-order valence-corrected chi connectivity index (χ4v) is 4.21. The van der Waals surface area contributed by atoms with Gasteiger partial charge in [0.15, 0.2) is 0 Å². The Morgan fingerprint density at radius 1 is 1.04 bits per heavy atom. The number of benzene rings is 2. The molecule has 4 nitrogen and oxygen atoms in total. The van der Waals surface area contributed by atoms with E-state index in [1.54, 1.807) is 13.8 Å². The first kappa shape index (κ1) is 20.0. The van der Waals surface area contributed by atoms with E-state index in [9.17, 15) is 26.0 Å². The van der Waals surface area contributed by atoms with Crippen LogP contribution in [0.3, 0.4) is 0 Å². The van der Waals surface area contributed by atoms with E-state index in [0.717, 1.165) is 0 Å². The normalized spacial score (nSPS) is 12.2. The lowest BCUT2D eigenvalue weighted by molar-refractivity contribution is -0.137. The molecule has 0 aliphatic rings. The lowest BCUT2D eigenvalue weighted by atomic mass is 10.1. The molecule has 0 atom stereocenters. The fraction of sp³-hybridized carbons (Fsp3) is 0.294. The molecule has 2 rings (SSSR count). The minimum Gasteiger partial charge on any atom is -0.496 e. The summed E-state index contributed by atoms with van der Waals surface area (Å²) in [5.41, 5.74) is -0.683. The maximum Gasteiger partial charge on any atom is 0.416 e. The number of sulfonamides is 1. The molecule has 0 bridgehead atoms. The van der Waals surface area contributed by atoms with Crippen LogP contribution in [0.25, 0.3) is 0 Å². The summed E-state index contributed by atoms with van der Waals surface area (Å²) >= 11 is 0. The van der Waals surface area contributed by atoms with E-state index in [4.69, 9.17) is 4.74 Å². The molecule has 0 fully saturated rings. The third-order valence-corrected chi connectivity index (χ3v) is 5.66. The van der Waals surface area contributed by atoms with Gasteiger partial charge in [-0.3, -0.25) is 4.72 Å². The zero-order valence-electron chi connectivity index (χ0n) is 14.5. The molecule has 9 heteroatoms. The average Bonchev–Trinajstić information content (AvgIpc) is 2.51. The number of nitrogens with one attached hydrogen (secondary N) is 1. The molecule has 0 aliphatic carbocycles. The van der Waals surface area contributed by atoms with E-state index >= 15 is 0 Å². The van der Waals surface area contributed by atoms with Gasteiger partial charge in [0.05, 0.1) is 23.3 Å². The number of anilines is 1. The predicted molar refractivity (Wildman–Crippen MR) is 89.4 cm³/mol. The molecule has 0 aromatic heterocycles. The smallest absolute Gasteiger partial charge is 0.416 e. The number of hydrogen-bond donors (Lipinski definition) is 1. The molecule has 0 saturated heterocycles. The Kier molecular flexibility index (Phi) is 5.23. The molecule has 1 N–H and O–H groups in total. The summed E-state index contributed by atoms with van der Waals surface area (Å²) in [7, 11) is -2.88. The van der Waals surface area contributed by atoms with Crippen LogP contribution in [0.5, 0.6) is 5.75 Å². The van der Waals surface area contributed by atoms with E-state index < -0.39 is 33.3 Å². The summed E-state index contributed by atoms with van der Waals surface area (Å²) in [6, 6.07) is 3.04. The molecule has 0 spiro atoms. The quantitative estimate of drug-likeness (QED) is 0.777. The van der Waals surface area contributed by atoms with Crippen molar-refractivity contribution in [1.82, 2.24) is 0 Å². The molecular weight excluding hydrogens is 374 g/mol. The van der Waals surface area contributed by atoms with Gasteiger partial charge < -0.3 is 4.74 Å². The van der Waals surface area contributed by atoms with Crippen LogP contribution < -0.4 is 9.46 Å². The van der Waals surface area contributed by atoms with Gasteiger partial charge in [-0.05, 0) is 61.7 Å². The van der Waals surface area contributed by atoms with Gasteiger partial charge in [0.25, 0.3) is 10.0 Å². The Hall–Kier alpha value is -2.29. The molecule has 142 valence electrons. The summed E-state index contributed by atoms with van der Waals surface area (Å²) in [4.78, 5) is -0.132. The van der Waals surface area contributed by atoms with E-state index in [1.165, 1.54) is 20.1 Å². The van der Waals surface area contributed by atoms with Crippen LogP contribution >= 0.6 is 0 Å². The highest BCUT2D eigenvalue weighted by atomic mass is 32.2. The van der Waals surface area contributed by atoms with Gasteiger partial charge in [-0.25, -0.2) is 12.8 Å². The van der Waals surface area contributed by atoms with E-state index in [0.29, 0.717) is 40.6 Å². The Labute approximate surface area is 148 Å². The Bertz CT molecular complexity index is 953. The number of aryl methyl sites for hydroxylation is 1. The minimum atomic E-state index is -4.73. The SMILES string of the molecule is COc1cc(C)c(S(=O)(=O)Nc2cc(C(F)(F)F)ccc2F)c(C)c1C. The van der Waals surface area contributed by atoms with Crippen molar-refractivity contribution in [3.05, 3.63) is 52.3 Å². The second-order valence-corrected chi connectivity index (χ2v) is 7.39. The van der Waals surface area contributed by atoms with Crippen LogP contribution in [0.15, 0.2) is 29.2 Å². The monoisotopic (exact) mass is 391 g/mol. The summed E-state index contributed by atoms with van der Waals surface area (Å²) in [6.45, 7) is 4.71. The molecule has 0 aliphatic heterocycles. The van der Waals surface area contributed by atoms with Crippen molar-refractivity contribution in [2.75, 3.05) is 11.8 Å². The molecule has 0 heterocycles. The molecule has 0 radical (unpaired) electrons. The lowest BCUT2D eigenvalue weighted by Gasteiger charge is -2.18. The fourth-order valence-electron chi connectivity index (χ4n) is 2.62. The molecule has 26 heavy (non-hydrogen) atoms. The van der Waals surface area contributed by atoms with Gasteiger partial charge in [0.2, 0.25) is 0 Å². The first-order valence-corrected chi connectivity index (χ1v) is 8.91. The largest absolute Gasteiger partial charge is 0.496 e. The predicted octanol–water partition coefficient (Wildman–Crippen LogP) is 4.58. The second-order valence-electron chi connectivity index (χ2n) is 5.77. The summed E-state index contributed by atoms with van der Waals surface area (Å²) in [6.07, 6.45) is -4.73. The van der Waals surface area contributed by atoms with Gasteiger partial charge in [-0.2, -0.15) is 13.2 Å². The highest BCUT2D eigenvalue weighted by molar-refractivity contribution is 7.92. The number of hydrogen-bond acceptors (Lipinski definition) is 3. The van der Waals surface area contributed by atoms with Crippen LogP contribution in [0, 0.1) is 26.6 Å². The number of halogens is 4.